The third-order valence-electron chi connectivity index (χ3n) is 5.38. The zero-order valence-corrected chi connectivity index (χ0v) is 16.9. The van der Waals surface area contributed by atoms with Gasteiger partial charge in [-0.25, -0.2) is 4.79 Å². The van der Waals surface area contributed by atoms with Crippen molar-refractivity contribution >= 4 is 12.0 Å². The van der Waals surface area contributed by atoms with Gasteiger partial charge in [0.15, 0.2) is 0 Å². The molecule has 2 aliphatic heterocycles. The molecular formula is C22H32N2O3. The van der Waals surface area contributed by atoms with E-state index in [2.05, 4.69) is 12.1 Å². The van der Waals surface area contributed by atoms with Crippen LogP contribution in [0.15, 0.2) is 24.3 Å². The lowest BCUT2D eigenvalue weighted by Gasteiger charge is -2.33. The van der Waals surface area contributed by atoms with E-state index in [9.17, 15) is 9.59 Å². The molecule has 1 aromatic rings. The van der Waals surface area contributed by atoms with Crippen LogP contribution in [0.25, 0.3) is 0 Å². The maximum atomic E-state index is 12.4. The summed E-state index contributed by atoms with van der Waals surface area (Å²) in [6, 6.07) is 8.10. The van der Waals surface area contributed by atoms with E-state index in [0.717, 1.165) is 63.8 Å². The predicted molar refractivity (Wildman–Crippen MR) is 106 cm³/mol. The van der Waals surface area contributed by atoms with Gasteiger partial charge in [-0.2, -0.15) is 0 Å². The first kappa shape index (κ1) is 19.7. The lowest BCUT2D eigenvalue weighted by molar-refractivity contribution is 0.0184. The number of nitrogens with zero attached hydrogens (tertiary/aromatic N) is 2. The minimum absolute atomic E-state index is 0.157. The molecule has 2 saturated heterocycles. The fourth-order valence-corrected chi connectivity index (χ4v) is 3.87. The van der Waals surface area contributed by atoms with E-state index in [-0.39, 0.29) is 12.0 Å². The summed E-state index contributed by atoms with van der Waals surface area (Å²) in [6.45, 7) is 8.98. The van der Waals surface area contributed by atoms with Crippen molar-refractivity contribution in [1.82, 2.24) is 9.80 Å². The van der Waals surface area contributed by atoms with Gasteiger partial charge in [-0.3, -0.25) is 4.79 Å². The molecule has 5 heteroatoms. The minimum Gasteiger partial charge on any atom is -0.444 e. The maximum absolute atomic E-state index is 12.4. The number of carbonyl (C=O) groups excluding carboxylic acids is 2. The van der Waals surface area contributed by atoms with Crippen molar-refractivity contribution in [3.05, 3.63) is 35.4 Å². The number of rotatable bonds is 3. The van der Waals surface area contributed by atoms with Crippen LogP contribution in [0.5, 0.6) is 0 Å². The van der Waals surface area contributed by atoms with Crippen molar-refractivity contribution in [2.75, 3.05) is 26.2 Å². The van der Waals surface area contributed by atoms with Crippen LogP contribution in [0.3, 0.4) is 0 Å². The van der Waals surface area contributed by atoms with Crippen LogP contribution in [-0.2, 0) is 11.2 Å². The summed E-state index contributed by atoms with van der Waals surface area (Å²) in [5.74, 6) is 0.730. The van der Waals surface area contributed by atoms with Crippen LogP contribution in [0.1, 0.15) is 62.4 Å². The number of ether oxygens (including phenoxy) is 1. The zero-order chi connectivity index (χ0) is 19.4. The topological polar surface area (TPSA) is 49.9 Å². The number of piperidine rings is 1. The second-order valence-corrected chi connectivity index (χ2v) is 8.81. The van der Waals surface area contributed by atoms with Gasteiger partial charge in [0.1, 0.15) is 5.60 Å². The summed E-state index contributed by atoms with van der Waals surface area (Å²) < 4.78 is 5.46. The molecule has 0 N–H and O–H groups in total. The molecule has 0 radical (unpaired) electrons. The van der Waals surface area contributed by atoms with Gasteiger partial charge in [0.25, 0.3) is 5.91 Å². The lowest BCUT2D eigenvalue weighted by Crippen LogP contribution is -2.42. The lowest BCUT2D eigenvalue weighted by atomic mass is 9.90. The van der Waals surface area contributed by atoms with Gasteiger partial charge < -0.3 is 14.5 Å². The second kappa shape index (κ2) is 8.32. The van der Waals surface area contributed by atoms with E-state index >= 15 is 0 Å². The summed E-state index contributed by atoms with van der Waals surface area (Å²) in [6.07, 6.45) is 5.02. The number of benzene rings is 1. The average molecular weight is 373 g/mol. The molecular weight excluding hydrogens is 340 g/mol. The zero-order valence-electron chi connectivity index (χ0n) is 16.9. The molecule has 0 aromatic heterocycles. The number of hydrogen-bond donors (Lipinski definition) is 0. The Balaban J connectivity index is 1.47. The SMILES string of the molecule is CC(C)(C)OC(=O)N1CCC(Cc2ccc(C(=O)N3CCCC3)cc2)CC1. The van der Waals surface area contributed by atoms with Gasteiger partial charge in [-0.15, -0.1) is 0 Å². The Morgan fingerprint density at radius 2 is 1.56 bits per heavy atom. The van der Waals surface area contributed by atoms with Crippen molar-refractivity contribution in [3.63, 3.8) is 0 Å². The smallest absolute Gasteiger partial charge is 0.410 e. The highest BCUT2D eigenvalue weighted by atomic mass is 16.6. The average Bonchev–Trinajstić information content (AvgIpc) is 3.15. The van der Waals surface area contributed by atoms with Gasteiger partial charge in [0, 0.05) is 31.7 Å². The van der Waals surface area contributed by atoms with E-state index in [0.29, 0.717) is 5.92 Å². The third kappa shape index (κ3) is 5.47. The number of carbonyl (C=O) groups is 2. The minimum atomic E-state index is -0.442. The summed E-state index contributed by atoms with van der Waals surface area (Å²) in [4.78, 5) is 28.3. The Labute approximate surface area is 162 Å². The molecule has 0 atom stereocenters. The van der Waals surface area contributed by atoms with Gasteiger partial charge >= 0.3 is 6.09 Å². The van der Waals surface area contributed by atoms with Gasteiger partial charge in [-0.05, 0) is 76.5 Å². The molecule has 0 bridgehead atoms. The molecule has 0 unspecified atom stereocenters. The first-order chi connectivity index (χ1) is 12.8. The molecule has 0 saturated carbocycles. The molecule has 2 heterocycles. The Hall–Kier alpha value is -2.04. The van der Waals surface area contributed by atoms with E-state index in [1.54, 1.807) is 0 Å². The molecule has 148 valence electrons. The Morgan fingerprint density at radius 3 is 2.11 bits per heavy atom. The molecule has 2 fully saturated rings. The van der Waals surface area contributed by atoms with Crippen molar-refractivity contribution < 1.29 is 14.3 Å². The summed E-state index contributed by atoms with van der Waals surface area (Å²) in [5.41, 5.74) is 1.62. The maximum Gasteiger partial charge on any atom is 0.410 e. The standard InChI is InChI=1S/C22H32N2O3/c1-22(2,3)27-21(26)24-14-10-18(11-15-24)16-17-6-8-19(9-7-17)20(25)23-12-4-5-13-23/h6-9,18H,4-5,10-16H2,1-3H3. The van der Waals surface area contributed by atoms with Crippen molar-refractivity contribution in [1.29, 1.82) is 0 Å². The van der Waals surface area contributed by atoms with E-state index in [4.69, 9.17) is 4.74 Å². The number of likely N-dealkylation sites (tertiary alicyclic amines) is 2. The Kier molecular flexibility index (Phi) is 6.08. The number of hydrogen-bond acceptors (Lipinski definition) is 3. The van der Waals surface area contributed by atoms with Crippen molar-refractivity contribution in [2.45, 2.75) is 58.5 Å². The van der Waals surface area contributed by atoms with E-state index in [1.165, 1.54) is 5.56 Å². The van der Waals surface area contributed by atoms with E-state index in [1.807, 2.05) is 42.7 Å². The van der Waals surface area contributed by atoms with Gasteiger partial charge in [-0.1, -0.05) is 12.1 Å². The number of amides is 2. The highest BCUT2D eigenvalue weighted by molar-refractivity contribution is 5.94. The van der Waals surface area contributed by atoms with Crippen LogP contribution in [-0.4, -0.2) is 53.6 Å². The third-order valence-corrected chi connectivity index (χ3v) is 5.38. The second-order valence-electron chi connectivity index (χ2n) is 8.81. The highest BCUT2D eigenvalue weighted by Crippen LogP contribution is 2.24. The first-order valence-corrected chi connectivity index (χ1v) is 10.2. The molecule has 0 aliphatic carbocycles. The summed E-state index contributed by atoms with van der Waals surface area (Å²) >= 11 is 0. The molecule has 27 heavy (non-hydrogen) atoms. The van der Waals surface area contributed by atoms with Crippen LogP contribution in [0.4, 0.5) is 4.79 Å². The molecule has 2 aliphatic rings. The quantitative estimate of drug-likeness (QED) is 0.802. The molecule has 3 rings (SSSR count). The first-order valence-electron chi connectivity index (χ1n) is 10.2. The predicted octanol–water partition coefficient (Wildman–Crippen LogP) is 4.11. The Bertz CT molecular complexity index is 649. The fourth-order valence-electron chi connectivity index (χ4n) is 3.87. The fraction of sp³-hybridized carbons (Fsp3) is 0.636. The monoisotopic (exact) mass is 372 g/mol. The summed E-state index contributed by atoms with van der Waals surface area (Å²) in [5, 5.41) is 0. The van der Waals surface area contributed by atoms with Crippen LogP contribution >= 0.6 is 0 Å². The molecule has 5 nitrogen and oxygen atoms in total. The van der Waals surface area contributed by atoms with Crippen LogP contribution in [0.2, 0.25) is 0 Å². The van der Waals surface area contributed by atoms with Crippen LogP contribution in [0, 0.1) is 5.92 Å². The highest BCUT2D eigenvalue weighted by Gasteiger charge is 2.27. The largest absolute Gasteiger partial charge is 0.444 e. The van der Waals surface area contributed by atoms with E-state index < -0.39 is 5.60 Å². The summed E-state index contributed by atoms with van der Waals surface area (Å²) in [7, 11) is 0. The molecule has 0 spiro atoms. The van der Waals surface area contributed by atoms with Gasteiger partial charge in [0.05, 0.1) is 0 Å². The normalized spacial score (nSPS) is 18.6. The molecule has 2 amide bonds. The van der Waals surface area contributed by atoms with Crippen LogP contribution < -0.4 is 0 Å². The Morgan fingerprint density at radius 1 is 0.963 bits per heavy atom. The molecule has 1 aromatic carbocycles. The van der Waals surface area contributed by atoms with Crippen molar-refractivity contribution in [3.8, 4) is 0 Å². The van der Waals surface area contributed by atoms with Crippen molar-refractivity contribution in [2.24, 2.45) is 5.92 Å². The van der Waals surface area contributed by atoms with Gasteiger partial charge in [0.2, 0.25) is 0 Å².